The first-order valence-corrected chi connectivity index (χ1v) is 11.8. The zero-order chi connectivity index (χ0) is 21.6. The lowest BCUT2D eigenvalue weighted by molar-refractivity contribution is 0.126. The van der Waals surface area contributed by atoms with Crippen LogP contribution in [0, 0.1) is 0 Å². The molecule has 4 rings (SSSR count). The van der Waals surface area contributed by atoms with E-state index in [-0.39, 0.29) is 6.61 Å². The molecule has 1 aromatic heterocycles. The van der Waals surface area contributed by atoms with E-state index in [0.29, 0.717) is 22.6 Å². The van der Waals surface area contributed by atoms with E-state index < -0.39 is 6.10 Å². The van der Waals surface area contributed by atoms with Crippen molar-refractivity contribution >= 4 is 23.4 Å². The fourth-order valence-electron chi connectivity index (χ4n) is 3.78. The maximum atomic E-state index is 10.4. The number of methoxy groups -OCH3 is 1. The van der Waals surface area contributed by atoms with Gasteiger partial charge in [-0.2, -0.15) is 0 Å². The molecule has 31 heavy (non-hydrogen) atoms. The minimum Gasteiger partial charge on any atom is -0.497 e. The van der Waals surface area contributed by atoms with Gasteiger partial charge in [0.25, 0.3) is 0 Å². The summed E-state index contributed by atoms with van der Waals surface area (Å²) in [6.45, 7) is 0.203. The highest BCUT2D eigenvalue weighted by Gasteiger charge is 2.26. The third-order valence-electron chi connectivity index (χ3n) is 5.38. The molecule has 1 saturated carbocycles. The molecule has 8 heteroatoms. The summed E-state index contributed by atoms with van der Waals surface area (Å²) in [6, 6.07) is 15.4. The molecule has 0 amide bonds. The van der Waals surface area contributed by atoms with Gasteiger partial charge in [0.1, 0.15) is 18.1 Å². The van der Waals surface area contributed by atoms with E-state index in [4.69, 9.17) is 21.1 Å². The lowest BCUT2D eigenvalue weighted by Crippen LogP contribution is -2.20. The minimum atomic E-state index is -0.635. The third kappa shape index (κ3) is 5.34. The maximum absolute atomic E-state index is 10.4. The SMILES string of the molecule is COc1ccc(OCC(O)CSc2nnc(-c3ccccc3Cl)n2C2CCCC2)cc1. The van der Waals surface area contributed by atoms with Crippen LogP contribution < -0.4 is 9.47 Å². The van der Waals surface area contributed by atoms with E-state index in [1.165, 1.54) is 24.6 Å². The molecule has 3 aromatic rings. The lowest BCUT2D eigenvalue weighted by Gasteiger charge is -2.18. The van der Waals surface area contributed by atoms with Crippen LogP contribution in [0.1, 0.15) is 31.7 Å². The summed E-state index contributed by atoms with van der Waals surface area (Å²) in [5.41, 5.74) is 0.888. The molecule has 1 heterocycles. The first-order chi connectivity index (χ1) is 15.2. The van der Waals surface area contributed by atoms with Gasteiger partial charge in [0.05, 0.1) is 18.2 Å². The molecule has 0 radical (unpaired) electrons. The highest BCUT2D eigenvalue weighted by Crippen LogP contribution is 2.38. The molecule has 2 aromatic carbocycles. The van der Waals surface area contributed by atoms with Gasteiger partial charge in [-0.3, -0.25) is 4.57 Å². The van der Waals surface area contributed by atoms with Crippen LogP contribution in [0.15, 0.2) is 53.7 Å². The summed E-state index contributed by atoms with van der Waals surface area (Å²) in [6.07, 6.45) is 3.98. The number of ether oxygens (including phenoxy) is 2. The van der Waals surface area contributed by atoms with Crippen molar-refractivity contribution in [2.24, 2.45) is 0 Å². The van der Waals surface area contributed by atoms with Gasteiger partial charge in [-0.05, 0) is 49.2 Å². The van der Waals surface area contributed by atoms with E-state index in [2.05, 4.69) is 14.8 Å². The fraction of sp³-hybridized carbons (Fsp3) is 0.391. The van der Waals surface area contributed by atoms with Crippen LogP contribution in [-0.2, 0) is 0 Å². The van der Waals surface area contributed by atoms with E-state index in [9.17, 15) is 5.11 Å². The van der Waals surface area contributed by atoms with Crippen molar-refractivity contribution in [1.82, 2.24) is 14.8 Å². The first kappa shape index (κ1) is 22.0. The lowest BCUT2D eigenvalue weighted by atomic mass is 10.2. The molecule has 0 aliphatic heterocycles. The second kappa shape index (κ2) is 10.4. The van der Waals surface area contributed by atoms with Gasteiger partial charge in [0, 0.05) is 17.4 Å². The predicted octanol–water partition coefficient (Wildman–Crippen LogP) is 5.25. The predicted molar refractivity (Wildman–Crippen MR) is 123 cm³/mol. The third-order valence-corrected chi connectivity index (χ3v) is 6.79. The Bertz CT molecular complexity index is 990. The Morgan fingerprint density at radius 2 is 1.81 bits per heavy atom. The number of nitrogens with zero attached hydrogens (tertiary/aromatic N) is 3. The smallest absolute Gasteiger partial charge is 0.191 e. The molecule has 0 bridgehead atoms. The Morgan fingerprint density at radius 1 is 1.10 bits per heavy atom. The van der Waals surface area contributed by atoms with Crippen molar-refractivity contribution in [1.29, 1.82) is 0 Å². The maximum Gasteiger partial charge on any atom is 0.191 e. The van der Waals surface area contributed by atoms with E-state index >= 15 is 0 Å². The molecule has 1 atom stereocenters. The summed E-state index contributed by atoms with van der Waals surface area (Å²) in [4.78, 5) is 0. The zero-order valence-corrected chi connectivity index (χ0v) is 19.0. The van der Waals surface area contributed by atoms with Gasteiger partial charge >= 0.3 is 0 Å². The Labute approximate surface area is 191 Å². The van der Waals surface area contributed by atoms with Crippen LogP contribution in [0.5, 0.6) is 11.5 Å². The van der Waals surface area contributed by atoms with Crippen LogP contribution in [0.2, 0.25) is 5.02 Å². The molecule has 6 nitrogen and oxygen atoms in total. The van der Waals surface area contributed by atoms with Crippen LogP contribution in [0.4, 0.5) is 0 Å². The van der Waals surface area contributed by atoms with Gasteiger partial charge in [0.15, 0.2) is 11.0 Å². The van der Waals surface area contributed by atoms with E-state index in [1.54, 1.807) is 7.11 Å². The van der Waals surface area contributed by atoms with Crippen LogP contribution in [0.25, 0.3) is 11.4 Å². The summed E-state index contributed by atoms with van der Waals surface area (Å²) >= 11 is 7.94. The summed E-state index contributed by atoms with van der Waals surface area (Å²) in [5, 5.41) is 20.8. The molecule has 1 unspecified atom stereocenters. The molecule has 1 N–H and O–H groups in total. The monoisotopic (exact) mass is 459 g/mol. The molecule has 1 aliphatic rings. The Morgan fingerprint density at radius 3 is 2.52 bits per heavy atom. The van der Waals surface area contributed by atoms with E-state index in [0.717, 1.165) is 35.1 Å². The van der Waals surface area contributed by atoms with Crippen molar-refractivity contribution in [2.45, 2.75) is 43.0 Å². The molecule has 164 valence electrons. The average molecular weight is 460 g/mol. The first-order valence-electron chi connectivity index (χ1n) is 10.4. The summed E-state index contributed by atoms with van der Waals surface area (Å²) < 4.78 is 13.0. The van der Waals surface area contributed by atoms with Gasteiger partial charge < -0.3 is 14.6 Å². The summed E-state index contributed by atoms with van der Waals surface area (Å²) in [7, 11) is 1.62. The van der Waals surface area contributed by atoms with Gasteiger partial charge in [0.2, 0.25) is 0 Å². The molecule has 0 spiro atoms. The van der Waals surface area contributed by atoms with Crippen molar-refractivity contribution in [3.8, 4) is 22.9 Å². The van der Waals surface area contributed by atoms with Gasteiger partial charge in [-0.15, -0.1) is 10.2 Å². The molecule has 1 fully saturated rings. The Kier molecular flexibility index (Phi) is 7.37. The van der Waals surface area contributed by atoms with Crippen LogP contribution in [-0.4, -0.2) is 45.4 Å². The largest absolute Gasteiger partial charge is 0.497 e. The number of hydrogen-bond acceptors (Lipinski definition) is 6. The second-order valence-electron chi connectivity index (χ2n) is 7.55. The normalized spacial score (nSPS) is 15.2. The van der Waals surface area contributed by atoms with Gasteiger partial charge in [-0.25, -0.2) is 0 Å². The summed E-state index contributed by atoms with van der Waals surface area (Å²) in [5.74, 6) is 2.72. The number of aromatic nitrogens is 3. The highest BCUT2D eigenvalue weighted by atomic mass is 35.5. The zero-order valence-electron chi connectivity index (χ0n) is 17.4. The number of aliphatic hydroxyl groups excluding tert-OH is 1. The number of hydrogen-bond donors (Lipinski definition) is 1. The quantitative estimate of drug-likeness (QED) is 0.440. The highest BCUT2D eigenvalue weighted by molar-refractivity contribution is 7.99. The number of aliphatic hydroxyl groups is 1. The van der Waals surface area contributed by atoms with E-state index in [1.807, 2.05) is 48.5 Å². The van der Waals surface area contributed by atoms with Crippen molar-refractivity contribution < 1.29 is 14.6 Å². The molecular weight excluding hydrogens is 434 g/mol. The fourth-order valence-corrected chi connectivity index (χ4v) is 4.91. The van der Waals surface area contributed by atoms with Crippen LogP contribution >= 0.6 is 23.4 Å². The van der Waals surface area contributed by atoms with Crippen LogP contribution in [0.3, 0.4) is 0 Å². The standard InChI is InChI=1S/C23H26ClN3O3S/c1-29-18-10-12-19(13-11-18)30-14-17(28)15-31-23-26-25-22(20-8-4-5-9-21(20)24)27(23)16-6-2-3-7-16/h4-5,8-13,16-17,28H,2-3,6-7,14-15H2,1H3. The number of benzene rings is 2. The molecule has 1 aliphatic carbocycles. The Balaban J connectivity index is 1.43. The van der Waals surface area contributed by atoms with Crippen molar-refractivity contribution in [3.63, 3.8) is 0 Å². The van der Waals surface area contributed by atoms with Crippen molar-refractivity contribution in [3.05, 3.63) is 53.6 Å². The minimum absolute atomic E-state index is 0.203. The second-order valence-corrected chi connectivity index (χ2v) is 8.94. The number of halogens is 1. The molecular formula is C23H26ClN3O3S. The number of rotatable bonds is 9. The molecule has 0 saturated heterocycles. The van der Waals surface area contributed by atoms with Gasteiger partial charge in [-0.1, -0.05) is 48.3 Å². The Hall–Kier alpha value is -2.22. The van der Waals surface area contributed by atoms with Crippen molar-refractivity contribution in [2.75, 3.05) is 19.5 Å². The number of thioether (sulfide) groups is 1. The topological polar surface area (TPSA) is 69.4 Å². The average Bonchev–Trinajstić information content (AvgIpc) is 3.46.